The predicted molar refractivity (Wildman–Crippen MR) is 85.9 cm³/mol. The zero-order valence-corrected chi connectivity index (χ0v) is 13.6. The van der Waals surface area contributed by atoms with Gasteiger partial charge in [-0.1, -0.05) is 24.3 Å². The number of aryl methyl sites for hydroxylation is 2. The topological polar surface area (TPSA) is 29.9 Å². The summed E-state index contributed by atoms with van der Waals surface area (Å²) in [4.78, 5) is 0. The predicted octanol–water partition coefficient (Wildman–Crippen LogP) is 3.63. The van der Waals surface area contributed by atoms with Crippen molar-refractivity contribution in [2.45, 2.75) is 25.7 Å². The molecule has 1 fully saturated rings. The van der Waals surface area contributed by atoms with Crippen LogP contribution in [0.3, 0.4) is 0 Å². The molecule has 1 unspecified atom stereocenters. The third-order valence-corrected chi connectivity index (χ3v) is 4.90. The number of piperidine rings is 1. The minimum atomic E-state index is 0.549. The first-order valence-electron chi connectivity index (χ1n) is 7.17. The number of hydrogen-bond donors (Lipinski definition) is 1. The molecule has 1 saturated heterocycles. The van der Waals surface area contributed by atoms with E-state index in [4.69, 9.17) is 5.10 Å². The van der Waals surface area contributed by atoms with Crippen LogP contribution in [0.25, 0.3) is 11.3 Å². The van der Waals surface area contributed by atoms with Crippen molar-refractivity contribution >= 4 is 15.9 Å². The molecule has 20 heavy (non-hydrogen) atoms. The fourth-order valence-corrected chi connectivity index (χ4v) is 3.92. The summed E-state index contributed by atoms with van der Waals surface area (Å²) in [6.45, 7) is 4.32. The SMILES string of the molecule is Cc1ccccc1-c1nn(C)c(C2CCCNC2)c1Br. The summed E-state index contributed by atoms with van der Waals surface area (Å²) in [6, 6.07) is 8.43. The Morgan fingerprint density at radius 1 is 1.35 bits per heavy atom. The summed E-state index contributed by atoms with van der Waals surface area (Å²) in [5, 5.41) is 8.24. The van der Waals surface area contributed by atoms with Crippen molar-refractivity contribution in [1.82, 2.24) is 15.1 Å². The normalized spacial score (nSPS) is 19.2. The monoisotopic (exact) mass is 333 g/mol. The number of hydrogen-bond acceptors (Lipinski definition) is 2. The first kappa shape index (κ1) is 13.8. The van der Waals surface area contributed by atoms with Crippen LogP contribution in [0.2, 0.25) is 0 Å². The van der Waals surface area contributed by atoms with Gasteiger partial charge in [0.2, 0.25) is 0 Å². The summed E-state index contributed by atoms with van der Waals surface area (Å²) in [5.41, 5.74) is 4.85. The Balaban J connectivity index is 2.04. The van der Waals surface area contributed by atoms with E-state index >= 15 is 0 Å². The van der Waals surface area contributed by atoms with Crippen LogP contribution in [0, 0.1) is 6.92 Å². The van der Waals surface area contributed by atoms with Crippen molar-refractivity contribution in [3.63, 3.8) is 0 Å². The van der Waals surface area contributed by atoms with Crippen LogP contribution in [-0.2, 0) is 7.05 Å². The maximum absolute atomic E-state index is 4.76. The molecule has 0 saturated carbocycles. The molecular weight excluding hydrogens is 314 g/mol. The Hall–Kier alpha value is -1.13. The molecule has 2 heterocycles. The van der Waals surface area contributed by atoms with Crippen LogP contribution in [0.4, 0.5) is 0 Å². The molecule has 0 bridgehead atoms. The molecule has 2 aromatic rings. The van der Waals surface area contributed by atoms with Crippen LogP contribution in [0.5, 0.6) is 0 Å². The largest absolute Gasteiger partial charge is 0.316 e. The van der Waals surface area contributed by atoms with Crippen molar-refractivity contribution in [3.05, 3.63) is 40.0 Å². The Morgan fingerprint density at radius 3 is 2.85 bits per heavy atom. The van der Waals surface area contributed by atoms with Crippen molar-refractivity contribution in [3.8, 4) is 11.3 Å². The number of nitrogens with zero attached hydrogens (tertiary/aromatic N) is 2. The minimum absolute atomic E-state index is 0.549. The van der Waals surface area contributed by atoms with E-state index in [0.717, 1.165) is 23.3 Å². The average molecular weight is 334 g/mol. The van der Waals surface area contributed by atoms with Crippen molar-refractivity contribution < 1.29 is 0 Å². The van der Waals surface area contributed by atoms with Crippen molar-refractivity contribution in [1.29, 1.82) is 0 Å². The fraction of sp³-hybridized carbons (Fsp3) is 0.438. The highest BCUT2D eigenvalue weighted by molar-refractivity contribution is 9.10. The fourth-order valence-electron chi connectivity index (χ4n) is 3.05. The van der Waals surface area contributed by atoms with E-state index in [2.05, 4.69) is 59.5 Å². The lowest BCUT2D eigenvalue weighted by atomic mass is 9.95. The maximum atomic E-state index is 4.76. The van der Waals surface area contributed by atoms with Crippen LogP contribution in [-0.4, -0.2) is 22.9 Å². The van der Waals surface area contributed by atoms with E-state index in [1.54, 1.807) is 0 Å². The zero-order valence-electron chi connectivity index (χ0n) is 12.0. The molecule has 0 aliphatic carbocycles. The summed E-state index contributed by atoms with van der Waals surface area (Å²) in [5.74, 6) is 0.549. The van der Waals surface area contributed by atoms with Gasteiger partial charge in [-0.2, -0.15) is 5.10 Å². The third-order valence-electron chi connectivity index (χ3n) is 4.12. The molecule has 3 nitrogen and oxygen atoms in total. The number of aromatic nitrogens is 2. The van der Waals surface area contributed by atoms with Crippen molar-refractivity contribution in [2.75, 3.05) is 13.1 Å². The zero-order chi connectivity index (χ0) is 14.1. The van der Waals surface area contributed by atoms with Gasteiger partial charge in [-0.05, 0) is 47.8 Å². The highest BCUT2D eigenvalue weighted by Gasteiger charge is 2.24. The number of halogens is 1. The van der Waals surface area contributed by atoms with E-state index < -0.39 is 0 Å². The lowest BCUT2D eigenvalue weighted by Gasteiger charge is -2.23. The lowest BCUT2D eigenvalue weighted by Crippen LogP contribution is -2.29. The molecule has 1 atom stereocenters. The molecule has 0 amide bonds. The van der Waals surface area contributed by atoms with Gasteiger partial charge in [0, 0.05) is 25.1 Å². The van der Waals surface area contributed by atoms with Crippen LogP contribution < -0.4 is 5.32 Å². The number of nitrogens with one attached hydrogen (secondary N) is 1. The second kappa shape index (κ2) is 5.70. The van der Waals surface area contributed by atoms with Gasteiger partial charge in [0.1, 0.15) is 5.69 Å². The van der Waals surface area contributed by atoms with Gasteiger partial charge in [-0.3, -0.25) is 4.68 Å². The Bertz CT molecular complexity index is 612. The van der Waals surface area contributed by atoms with Crippen LogP contribution in [0.1, 0.15) is 30.0 Å². The van der Waals surface area contributed by atoms with Gasteiger partial charge in [0.05, 0.1) is 10.2 Å². The average Bonchev–Trinajstić information content (AvgIpc) is 2.75. The van der Waals surface area contributed by atoms with Crippen molar-refractivity contribution in [2.24, 2.45) is 7.05 Å². The highest BCUT2D eigenvalue weighted by atomic mass is 79.9. The van der Waals surface area contributed by atoms with E-state index in [1.807, 2.05) is 4.68 Å². The minimum Gasteiger partial charge on any atom is -0.316 e. The third kappa shape index (κ3) is 2.42. The second-order valence-corrected chi connectivity index (χ2v) is 6.32. The van der Waals surface area contributed by atoms with Crippen LogP contribution in [0.15, 0.2) is 28.7 Å². The summed E-state index contributed by atoms with van der Waals surface area (Å²) in [6.07, 6.45) is 2.47. The van der Waals surface area contributed by atoms with E-state index in [-0.39, 0.29) is 0 Å². The van der Waals surface area contributed by atoms with Gasteiger partial charge in [0.25, 0.3) is 0 Å². The Kier molecular flexibility index (Phi) is 3.94. The van der Waals surface area contributed by atoms with Gasteiger partial charge < -0.3 is 5.32 Å². The molecule has 1 aromatic carbocycles. The number of benzene rings is 1. The summed E-state index contributed by atoms with van der Waals surface area (Å²) in [7, 11) is 2.05. The smallest absolute Gasteiger partial charge is 0.107 e. The van der Waals surface area contributed by atoms with E-state index in [0.29, 0.717) is 5.92 Å². The molecular formula is C16H20BrN3. The standard InChI is InChI=1S/C16H20BrN3/c1-11-6-3-4-8-13(11)15-14(17)16(20(2)19-15)12-7-5-9-18-10-12/h3-4,6,8,12,18H,5,7,9-10H2,1-2H3. The maximum Gasteiger partial charge on any atom is 0.107 e. The molecule has 1 aliphatic rings. The summed E-state index contributed by atoms with van der Waals surface area (Å²) < 4.78 is 3.20. The first-order chi connectivity index (χ1) is 9.68. The molecule has 3 rings (SSSR count). The second-order valence-electron chi connectivity index (χ2n) is 5.53. The molecule has 1 aromatic heterocycles. The van der Waals surface area contributed by atoms with Gasteiger partial charge in [-0.25, -0.2) is 0 Å². The highest BCUT2D eigenvalue weighted by Crippen LogP contribution is 2.37. The molecule has 1 N–H and O–H groups in total. The lowest BCUT2D eigenvalue weighted by molar-refractivity contribution is 0.440. The summed E-state index contributed by atoms with van der Waals surface area (Å²) >= 11 is 3.80. The molecule has 4 heteroatoms. The van der Waals surface area contributed by atoms with Gasteiger partial charge in [-0.15, -0.1) is 0 Å². The van der Waals surface area contributed by atoms with Gasteiger partial charge >= 0.3 is 0 Å². The molecule has 0 radical (unpaired) electrons. The quantitative estimate of drug-likeness (QED) is 0.909. The first-order valence-corrected chi connectivity index (χ1v) is 7.97. The molecule has 0 spiro atoms. The molecule has 106 valence electrons. The Labute approximate surface area is 128 Å². The van der Waals surface area contributed by atoms with Crippen LogP contribution >= 0.6 is 15.9 Å². The molecule has 1 aliphatic heterocycles. The number of rotatable bonds is 2. The Morgan fingerprint density at radius 2 is 2.15 bits per heavy atom. The van der Waals surface area contributed by atoms with E-state index in [9.17, 15) is 0 Å². The van der Waals surface area contributed by atoms with E-state index in [1.165, 1.54) is 29.7 Å². The van der Waals surface area contributed by atoms with Gasteiger partial charge in [0.15, 0.2) is 0 Å².